The Morgan fingerprint density at radius 1 is 1.38 bits per heavy atom. The Kier molecular flexibility index (Phi) is 4.77. The van der Waals surface area contributed by atoms with Gasteiger partial charge in [0, 0.05) is 6.54 Å². The van der Waals surface area contributed by atoms with Crippen molar-refractivity contribution in [3.63, 3.8) is 0 Å². The molecule has 4 nitrogen and oxygen atoms in total. The molecule has 86 valence electrons. The Balaban J connectivity index is 2.88. The quantitative estimate of drug-likeness (QED) is 0.738. The van der Waals surface area contributed by atoms with Crippen LogP contribution in [0.15, 0.2) is 18.2 Å². The van der Waals surface area contributed by atoms with Gasteiger partial charge in [-0.25, -0.2) is 0 Å². The standard InChI is InChI=1S/C12H17N3O/c1-9(2)16-12-5-10(7-13)4-11(6-12)8-15-14-3/h4-6,9,14-15H,8H2,1-3H3. The predicted molar refractivity (Wildman–Crippen MR) is 62.8 cm³/mol. The molecule has 0 fully saturated rings. The third-order valence-electron chi connectivity index (χ3n) is 1.94. The van der Waals surface area contributed by atoms with Gasteiger partial charge in [0.15, 0.2) is 0 Å². The molecule has 1 rings (SSSR count). The Morgan fingerprint density at radius 3 is 2.69 bits per heavy atom. The Bertz CT molecular complexity index is 382. The van der Waals surface area contributed by atoms with Gasteiger partial charge in [-0.05, 0) is 44.7 Å². The van der Waals surface area contributed by atoms with Gasteiger partial charge in [-0.2, -0.15) is 5.26 Å². The predicted octanol–water partition coefficient (Wildman–Crippen LogP) is 1.57. The van der Waals surface area contributed by atoms with E-state index >= 15 is 0 Å². The van der Waals surface area contributed by atoms with Crippen LogP contribution in [0.4, 0.5) is 0 Å². The minimum atomic E-state index is 0.110. The first-order valence-corrected chi connectivity index (χ1v) is 5.26. The monoisotopic (exact) mass is 219 g/mol. The Labute approximate surface area is 96.2 Å². The van der Waals surface area contributed by atoms with E-state index in [2.05, 4.69) is 16.9 Å². The van der Waals surface area contributed by atoms with Crippen LogP contribution in [0, 0.1) is 11.3 Å². The Morgan fingerprint density at radius 2 is 2.12 bits per heavy atom. The number of nitrogens with one attached hydrogen (secondary N) is 2. The van der Waals surface area contributed by atoms with E-state index in [9.17, 15) is 0 Å². The number of ether oxygens (including phenoxy) is 1. The fourth-order valence-corrected chi connectivity index (χ4v) is 1.36. The van der Waals surface area contributed by atoms with Crippen molar-refractivity contribution < 1.29 is 4.74 Å². The molecule has 16 heavy (non-hydrogen) atoms. The zero-order valence-electron chi connectivity index (χ0n) is 9.87. The van der Waals surface area contributed by atoms with Gasteiger partial charge >= 0.3 is 0 Å². The highest BCUT2D eigenvalue weighted by Crippen LogP contribution is 2.18. The van der Waals surface area contributed by atoms with Crippen LogP contribution in [0.3, 0.4) is 0 Å². The minimum Gasteiger partial charge on any atom is -0.491 e. The summed E-state index contributed by atoms with van der Waals surface area (Å²) in [5.41, 5.74) is 7.46. The topological polar surface area (TPSA) is 57.1 Å². The molecule has 0 saturated carbocycles. The van der Waals surface area contributed by atoms with Gasteiger partial charge < -0.3 is 4.74 Å². The summed E-state index contributed by atoms with van der Waals surface area (Å²) in [6.07, 6.45) is 0.110. The van der Waals surface area contributed by atoms with E-state index in [1.165, 1.54) is 0 Å². The first-order chi connectivity index (χ1) is 7.65. The van der Waals surface area contributed by atoms with E-state index in [0.29, 0.717) is 12.1 Å². The molecule has 1 aromatic carbocycles. The maximum atomic E-state index is 8.90. The summed E-state index contributed by atoms with van der Waals surface area (Å²) in [5.74, 6) is 0.738. The number of nitriles is 1. The maximum Gasteiger partial charge on any atom is 0.121 e. The molecular weight excluding hydrogens is 202 g/mol. The number of benzene rings is 1. The van der Waals surface area contributed by atoms with E-state index in [4.69, 9.17) is 10.00 Å². The molecule has 2 N–H and O–H groups in total. The molecule has 0 amide bonds. The highest BCUT2D eigenvalue weighted by Gasteiger charge is 2.03. The zero-order valence-corrected chi connectivity index (χ0v) is 9.87. The lowest BCUT2D eigenvalue weighted by Gasteiger charge is -2.12. The molecule has 1 aromatic rings. The average molecular weight is 219 g/mol. The van der Waals surface area contributed by atoms with Gasteiger partial charge in [-0.3, -0.25) is 10.9 Å². The van der Waals surface area contributed by atoms with Gasteiger partial charge in [-0.1, -0.05) is 0 Å². The van der Waals surface area contributed by atoms with Crippen molar-refractivity contribution in [1.82, 2.24) is 10.9 Å². The third-order valence-corrected chi connectivity index (χ3v) is 1.94. The molecule has 0 saturated heterocycles. The van der Waals surface area contributed by atoms with Gasteiger partial charge in [0.2, 0.25) is 0 Å². The van der Waals surface area contributed by atoms with Crippen LogP contribution in [-0.2, 0) is 6.54 Å². The van der Waals surface area contributed by atoms with Crippen molar-refractivity contribution in [2.24, 2.45) is 0 Å². The normalized spacial score (nSPS) is 10.2. The molecule has 0 aliphatic rings. The molecule has 0 radical (unpaired) electrons. The first kappa shape index (κ1) is 12.5. The number of hydrogen-bond donors (Lipinski definition) is 2. The molecule has 0 bridgehead atoms. The smallest absolute Gasteiger partial charge is 0.121 e. The lowest BCUT2D eigenvalue weighted by Crippen LogP contribution is -2.26. The van der Waals surface area contributed by atoms with Gasteiger partial charge in [0.1, 0.15) is 5.75 Å². The lowest BCUT2D eigenvalue weighted by molar-refractivity contribution is 0.242. The Hall–Kier alpha value is -1.57. The van der Waals surface area contributed by atoms with Gasteiger partial charge in [0.05, 0.1) is 17.7 Å². The molecule has 0 heterocycles. The van der Waals surface area contributed by atoms with Crippen molar-refractivity contribution in [1.29, 1.82) is 5.26 Å². The van der Waals surface area contributed by atoms with E-state index in [0.717, 1.165) is 11.3 Å². The van der Waals surface area contributed by atoms with E-state index in [-0.39, 0.29) is 6.10 Å². The largest absolute Gasteiger partial charge is 0.491 e. The van der Waals surface area contributed by atoms with Crippen LogP contribution in [-0.4, -0.2) is 13.2 Å². The second kappa shape index (κ2) is 6.11. The molecular formula is C12H17N3O. The second-order valence-corrected chi connectivity index (χ2v) is 3.75. The van der Waals surface area contributed by atoms with Crippen LogP contribution < -0.4 is 15.6 Å². The number of rotatable bonds is 5. The summed E-state index contributed by atoms with van der Waals surface area (Å²) in [5, 5.41) is 8.90. The van der Waals surface area contributed by atoms with Crippen molar-refractivity contribution >= 4 is 0 Å². The van der Waals surface area contributed by atoms with Crippen LogP contribution in [0.1, 0.15) is 25.0 Å². The van der Waals surface area contributed by atoms with Gasteiger partial charge in [0.25, 0.3) is 0 Å². The zero-order chi connectivity index (χ0) is 12.0. The van der Waals surface area contributed by atoms with Crippen LogP contribution in [0.2, 0.25) is 0 Å². The van der Waals surface area contributed by atoms with Crippen LogP contribution >= 0.6 is 0 Å². The van der Waals surface area contributed by atoms with E-state index in [1.807, 2.05) is 26.0 Å². The summed E-state index contributed by atoms with van der Waals surface area (Å²) < 4.78 is 5.58. The summed E-state index contributed by atoms with van der Waals surface area (Å²) in [6, 6.07) is 7.66. The van der Waals surface area contributed by atoms with E-state index < -0.39 is 0 Å². The van der Waals surface area contributed by atoms with Crippen molar-refractivity contribution in [3.8, 4) is 11.8 Å². The molecule has 0 spiro atoms. The minimum absolute atomic E-state index is 0.110. The number of hydrazine groups is 1. The van der Waals surface area contributed by atoms with Crippen LogP contribution in [0.5, 0.6) is 5.75 Å². The average Bonchev–Trinajstić information content (AvgIpc) is 2.25. The summed E-state index contributed by atoms with van der Waals surface area (Å²) >= 11 is 0. The maximum absolute atomic E-state index is 8.90. The fraction of sp³-hybridized carbons (Fsp3) is 0.417. The SMILES string of the molecule is CNNCc1cc(C#N)cc(OC(C)C)c1. The third kappa shape index (κ3) is 3.89. The lowest BCUT2D eigenvalue weighted by atomic mass is 10.1. The van der Waals surface area contributed by atoms with Crippen LogP contribution in [0.25, 0.3) is 0 Å². The molecule has 4 heteroatoms. The summed E-state index contributed by atoms with van der Waals surface area (Å²) in [4.78, 5) is 0. The highest BCUT2D eigenvalue weighted by molar-refractivity contribution is 5.40. The number of nitrogens with zero attached hydrogens (tertiary/aromatic N) is 1. The number of hydrogen-bond acceptors (Lipinski definition) is 4. The van der Waals surface area contributed by atoms with Crippen molar-refractivity contribution in [2.75, 3.05) is 7.05 Å². The van der Waals surface area contributed by atoms with Crippen molar-refractivity contribution in [2.45, 2.75) is 26.5 Å². The molecule has 0 unspecified atom stereocenters. The fourth-order valence-electron chi connectivity index (χ4n) is 1.36. The van der Waals surface area contributed by atoms with Crippen molar-refractivity contribution in [3.05, 3.63) is 29.3 Å². The molecule has 0 atom stereocenters. The second-order valence-electron chi connectivity index (χ2n) is 3.75. The molecule has 0 aliphatic heterocycles. The summed E-state index contributed by atoms with van der Waals surface area (Å²) in [6.45, 7) is 4.58. The van der Waals surface area contributed by atoms with Gasteiger partial charge in [-0.15, -0.1) is 0 Å². The molecule has 0 aliphatic carbocycles. The highest BCUT2D eigenvalue weighted by atomic mass is 16.5. The van der Waals surface area contributed by atoms with E-state index in [1.54, 1.807) is 13.1 Å². The summed E-state index contributed by atoms with van der Waals surface area (Å²) in [7, 11) is 1.81. The molecule has 0 aromatic heterocycles. The first-order valence-electron chi connectivity index (χ1n) is 5.26.